The Bertz CT molecular complexity index is 901. The molecule has 3 N–H and O–H groups in total. The minimum atomic E-state index is -4.69. The second kappa shape index (κ2) is 10.4. The molecule has 1 aromatic carbocycles. The number of aromatic nitrogens is 2. The number of aryl methyl sites for hydroxylation is 1. The summed E-state index contributed by atoms with van der Waals surface area (Å²) in [5.74, 6) is -1.76. The molecule has 1 saturated heterocycles. The zero-order valence-electron chi connectivity index (χ0n) is 17.5. The van der Waals surface area contributed by atoms with Gasteiger partial charge in [0.1, 0.15) is 0 Å². The van der Waals surface area contributed by atoms with Crippen LogP contribution in [0.4, 0.5) is 13.2 Å². The third-order valence-corrected chi connectivity index (χ3v) is 5.18. The number of hydrogen-bond donors (Lipinski definition) is 3. The molecule has 8 nitrogen and oxygen atoms in total. The zero-order valence-corrected chi connectivity index (χ0v) is 17.5. The highest BCUT2D eigenvalue weighted by atomic mass is 19.4. The van der Waals surface area contributed by atoms with Gasteiger partial charge in [-0.25, -0.2) is 0 Å². The number of carboxylic acid groups (broad SMARTS) is 1. The van der Waals surface area contributed by atoms with Crippen molar-refractivity contribution < 1.29 is 37.3 Å². The molecule has 170 valence electrons. The topological polar surface area (TPSA) is 110 Å². The minimum Gasteiger partial charge on any atom is -0.483 e. The molecule has 3 atom stereocenters. The van der Waals surface area contributed by atoms with Gasteiger partial charge in [-0.05, 0) is 38.5 Å². The maximum absolute atomic E-state index is 12.6. The van der Waals surface area contributed by atoms with Gasteiger partial charge in [0.05, 0.1) is 25.2 Å². The largest absolute Gasteiger partial charge is 0.483 e. The fourth-order valence-corrected chi connectivity index (χ4v) is 3.64. The van der Waals surface area contributed by atoms with Gasteiger partial charge in [-0.3, -0.25) is 9.59 Å². The fraction of sp³-hybridized carbons (Fsp3) is 0.500. The van der Waals surface area contributed by atoms with Gasteiger partial charge >= 0.3 is 12.1 Å². The van der Waals surface area contributed by atoms with E-state index in [0.29, 0.717) is 22.7 Å². The van der Waals surface area contributed by atoms with E-state index >= 15 is 0 Å². The highest BCUT2D eigenvalue weighted by molar-refractivity contribution is 5.95. The van der Waals surface area contributed by atoms with Gasteiger partial charge in [-0.1, -0.05) is 11.2 Å². The third-order valence-electron chi connectivity index (χ3n) is 5.18. The van der Waals surface area contributed by atoms with E-state index < -0.39 is 12.1 Å². The summed E-state index contributed by atoms with van der Waals surface area (Å²) in [6.45, 7) is 7.64. The van der Waals surface area contributed by atoms with Crippen molar-refractivity contribution in [1.82, 2.24) is 15.5 Å². The van der Waals surface area contributed by atoms with Crippen LogP contribution in [0, 0.1) is 6.92 Å². The summed E-state index contributed by atoms with van der Waals surface area (Å²) in [6, 6.07) is 5.34. The monoisotopic (exact) mass is 443 g/mol. The summed E-state index contributed by atoms with van der Waals surface area (Å²) in [6.07, 6.45) is -2.27. The molecule has 1 fully saturated rings. The predicted molar refractivity (Wildman–Crippen MR) is 104 cm³/mol. The lowest BCUT2D eigenvalue weighted by Gasteiger charge is -2.22. The number of hydrogen-bond acceptors (Lipinski definition) is 5. The Labute approximate surface area is 177 Å². The first-order valence-corrected chi connectivity index (χ1v) is 9.82. The summed E-state index contributed by atoms with van der Waals surface area (Å²) in [5, 5.41) is 13.3. The summed E-state index contributed by atoms with van der Waals surface area (Å²) in [4.78, 5) is 25.8. The highest BCUT2D eigenvalue weighted by Gasteiger charge is 2.38. The van der Waals surface area contributed by atoms with E-state index in [1.165, 1.54) is 23.8 Å². The summed E-state index contributed by atoms with van der Waals surface area (Å²) < 4.78 is 42.2. The Hall–Kier alpha value is -2.95. The molecule has 0 spiro atoms. The van der Waals surface area contributed by atoms with E-state index in [-0.39, 0.29) is 24.2 Å². The molecule has 11 heteroatoms. The molecule has 1 aromatic heterocycles. The van der Waals surface area contributed by atoms with Crippen LogP contribution in [0.3, 0.4) is 0 Å². The molecular formula is C20H26F3N4O4+. The SMILES string of the molecule is Cc1cc(C(=O)N[C@H](C)C[NH+]2CCC[C@@H]2C)ccc1-c1noc(C(F)(F)F)n1.O=CO. The van der Waals surface area contributed by atoms with Gasteiger partial charge in [-0.15, -0.1) is 0 Å². The van der Waals surface area contributed by atoms with Crippen LogP contribution < -0.4 is 10.2 Å². The number of rotatable bonds is 5. The van der Waals surface area contributed by atoms with Crippen LogP contribution in [0.2, 0.25) is 0 Å². The normalized spacial score (nSPS) is 19.3. The minimum absolute atomic E-state index is 0.0228. The van der Waals surface area contributed by atoms with Gasteiger partial charge in [0.2, 0.25) is 5.82 Å². The Morgan fingerprint density at radius 2 is 2.13 bits per heavy atom. The Morgan fingerprint density at radius 3 is 2.65 bits per heavy atom. The maximum Gasteiger partial charge on any atom is 0.471 e. The number of carbonyl (C=O) groups excluding carboxylic acids is 1. The van der Waals surface area contributed by atoms with Crippen molar-refractivity contribution in [2.24, 2.45) is 0 Å². The van der Waals surface area contributed by atoms with Crippen molar-refractivity contribution in [2.45, 2.75) is 51.9 Å². The van der Waals surface area contributed by atoms with E-state index in [1.807, 2.05) is 6.92 Å². The first-order valence-electron chi connectivity index (χ1n) is 9.82. The van der Waals surface area contributed by atoms with Crippen molar-refractivity contribution in [3.8, 4) is 11.4 Å². The number of quaternary nitrogens is 1. The first kappa shape index (κ1) is 24.3. The van der Waals surface area contributed by atoms with Crippen molar-refractivity contribution in [2.75, 3.05) is 13.1 Å². The van der Waals surface area contributed by atoms with Crippen molar-refractivity contribution in [3.63, 3.8) is 0 Å². The molecule has 0 aliphatic carbocycles. The maximum atomic E-state index is 12.6. The highest BCUT2D eigenvalue weighted by Crippen LogP contribution is 2.30. The average Bonchev–Trinajstić information content (AvgIpc) is 3.32. The standard InChI is InChI=1S/C19H23F3N4O2.CH2O2/c1-11-9-14(17(27)23-12(2)10-26-8-4-5-13(26)3)6-7-15(11)16-24-18(28-25-16)19(20,21)22;2-1-3/h6-7,9,12-13H,4-5,8,10H2,1-3H3,(H,23,27);1H,(H,2,3)/p+1/t12-,13+;/m1./s1. The van der Waals surface area contributed by atoms with Crippen LogP contribution in [0.1, 0.15) is 48.5 Å². The number of carbonyl (C=O) groups is 2. The smallest absolute Gasteiger partial charge is 0.471 e. The lowest BCUT2D eigenvalue weighted by molar-refractivity contribution is -0.911. The van der Waals surface area contributed by atoms with Gasteiger partial charge in [0.25, 0.3) is 12.4 Å². The van der Waals surface area contributed by atoms with Crippen LogP contribution >= 0.6 is 0 Å². The molecule has 1 amide bonds. The molecule has 31 heavy (non-hydrogen) atoms. The predicted octanol–water partition coefficient (Wildman–Crippen LogP) is 1.95. The van der Waals surface area contributed by atoms with Gasteiger partial charge in [0.15, 0.2) is 0 Å². The number of alkyl halides is 3. The molecular weight excluding hydrogens is 417 g/mol. The molecule has 0 radical (unpaired) electrons. The zero-order chi connectivity index (χ0) is 23.2. The van der Waals surface area contributed by atoms with Gasteiger partial charge in [-0.2, -0.15) is 18.2 Å². The van der Waals surface area contributed by atoms with Crippen LogP contribution in [0.25, 0.3) is 11.4 Å². The number of benzene rings is 1. The van der Waals surface area contributed by atoms with Gasteiger partial charge < -0.3 is 19.8 Å². The number of halogens is 3. The van der Waals surface area contributed by atoms with Gasteiger partial charge in [0, 0.05) is 24.0 Å². The number of nitrogens with one attached hydrogen (secondary N) is 2. The molecule has 2 heterocycles. The molecule has 2 aromatic rings. The average molecular weight is 443 g/mol. The molecule has 3 rings (SSSR count). The fourth-order valence-electron chi connectivity index (χ4n) is 3.64. The van der Waals surface area contributed by atoms with Crippen molar-refractivity contribution in [1.29, 1.82) is 0 Å². The van der Waals surface area contributed by atoms with Crippen molar-refractivity contribution >= 4 is 12.4 Å². The van der Waals surface area contributed by atoms with Crippen LogP contribution in [-0.2, 0) is 11.0 Å². The van der Waals surface area contributed by atoms with Crippen LogP contribution in [0.15, 0.2) is 22.7 Å². The molecule has 0 saturated carbocycles. The molecule has 1 aliphatic heterocycles. The van der Waals surface area contributed by atoms with E-state index in [2.05, 4.69) is 26.9 Å². The summed E-state index contributed by atoms with van der Waals surface area (Å²) in [7, 11) is 0. The molecule has 1 unspecified atom stereocenters. The number of likely N-dealkylation sites (tertiary alicyclic amines) is 1. The van der Waals surface area contributed by atoms with E-state index in [1.54, 1.807) is 19.1 Å². The Morgan fingerprint density at radius 1 is 1.45 bits per heavy atom. The first-order chi connectivity index (χ1) is 14.6. The quantitative estimate of drug-likeness (QED) is 0.610. The number of nitrogens with zero attached hydrogens (tertiary/aromatic N) is 2. The van der Waals surface area contributed by atoms with E-state index in [9.17, 15) is 18.0 Å². The van der Waals surface area contributed by atoms with E-state index in [0.717, 1.165) is 13.1 Å². The third kappa shape index (κ3) is 6.51. The molecule has 1 aliphatic rings. The molecule has 0 bridgehead atoms. The second-order valence-corrected chi connectivity index (χ2v) is 7.59. The van der Waals surface area contributed by atoms with Crippen LogP contribution in [0.5, 0.6) is 0 Å². The Balaban J connectivity index is 0.00000107. The van der Waals surface area contributed by atoms with Crippen LogP contribution in [-0.4, -0.2) is 52.8 Å². The lowest BCUT2D eigenvalue weighted by atomic mass is 10.0. The van der Waals surface area contributed by atoms with Crippen molar-refractivity contribution in [3.05, 3.63) is 35.2 Å². The number of amides is 1. The Kier molecular flexibility index (Phi) is 8.14. The van der Waals surface area contributed by atoms with E-state index in [4.69, 9.17) is 9.90 Å². The summed E-state index contributed by atoms with van der Waals surface area (Å²) in [5.41, 5.74) is 1.42. The second-order valence-electron chi connectivity index (χ2n) is 7.59. The summed E-state index contributed by atoms with van der Waals surface area (Å²) >= 11 is 0. The lowest BCUT2D eigenvalue weighted by Crippen LogP contribution is -3.14.